The number of nitrogens with one attached hydrogen (secondary N) is 1. The first kappa shape index (κ1) is 19.9. The van der Waals surface area contributed by atoms with E-state index in [9.17, 15) is 0 Å². The average Bonchev–Trinajstić information content (AvgIpc) is 2.69. The molecular formula is C21H24ClN5O. The molecule has 6 nitrogen and oxygen atoms in total. The molecule has 3 N–H and O–H groups in total. The van der Waals surface area contributed by atoms with Crippen molar-refractivity contribution in [2.75, 3.05) is 24.7 Å². The maximum absolute atomic E-state index is 6.27. The first-order valence-corrected chi connectivity index (χ1v) is 9.04. The molecule has 0 saturated heterocycles. The highest BCUT2D eigenvalue weighted by Gasteiger charge is 2.21. The molecule has 1 aromatic heterocycles. The van der Waals surface area contributed by atoms with Gasteiger partial charge in [-0.3, -0.25) is 4.90 Å². The lowest BCUT2D eigenvalue weighted by atomic mass is 10.1. The highest BCUT2D eigenvalue weighted by atomic mass is 35.5. The fraction of sp³-hybridized carbons (Fsp3) is 0.238. The van der Waals surface area contributed by atoms with Gasteiger partial charge in [0.25, 0.3) is 0 Å². The molecular weight excluding hydrogens is 374 g/mol. The van der Waals surface area contributed by atoms with Crippen LogP contribution in [0.4, 0.5) is 17.5 Å². The van der Waals surface area contributed by atoms with Gasteiger partial charge in [0.1, 0.15) is 11.6 Å². The Morgan fingerprint density at radius 1 is 1.11 bits per heavy atom. The van der Waals surface area contributed by atoms with Crippen LogP contribution in [0.15, 0.2) is 54.6 Å². The molecule has 1 aliphatic heterocycles. The number of fused-ring (bicyclic) bond motifs is 1. The van der Waals surface area contributed by atoms with Crippen LogP contribution in [-0.2, 0) is 19.5 Å². The third-order valence-electron chi connectivity index (χ3n) is 4.75. The molecule has 0 atom stereocenters. The van der Waals surface area contributed by atoms with Gasteiger partial charge in [0, 0.05) is 43.4 Å². The highest BCUT2D eigenvalue weighted by molar-refractivity contribution is 5.85. The molecule has 0 aliphatic carbocycles. The van der Waals surface area contributed by atoms with Gasteiger partial charge in [0.15, 0.2) is 0 Å². The summed E-state index contributed by atoms with van der Waals surface area (Å²) in [5.74, 6) is 1.85. The van der Waals surface area contributed by atoms with Crippen LogP contribution < -0.4 is 15.8 Å². The van der Waals surface area contributed by atoms with E-state index in [-0.39, 0.29) is 12.4 Å². The van der Waals surface area contributed by atoms with Gasteiger partial charge >= 0.3 is 0 Å². The number of nitrogen functional groups attached to an aromatic ring is 1. The zero-order valence-electron chi connectivity index (χ0n) is 15.8. The number of hydrogen-bond donors (Lipinski definition) is 2. The van der Waals surface area contributed by atoms with Crippen molar-refractivity contribution in [1.29, 1.82) is 0 Å². The van der Waals surface area contributed by atoms with Crippen molar-refractivity contribution >= 4 is 29.9 Å². The third kappa shape index (κ3) is 4.52. The zero-order valence-corrected chi connectivity index (χ0v) is 16.6. The van der Waals surface area contributed by atoms with E-state index in [1.165, 1.54) is 5.56 Å². The molecule has 0 fully saturated rings. The van der Waals surface area contributed by atoms with Crippen LogP contribution in [0.25, 0.3) is 0 Å². The molecule has 3 aromatic rings. The summed E-state index contributed by atoms with van der Waals surface area (Å²) in [6.07, 6.45) is 0.863. The summed E-state index contributed by atoms with van der Waals surface area (Å²) in [6.45, 7) is 2.63. The second-order valence-corrected chi connectivity index (χ2v) is 6.66. The summed E-state index contributed by atoms with van der Waals surface area (Å²) in [7, 11) is 1.65. The van der Waals surface area contributed by atoms with Crippen LogP contribution in [0, 0.1) is 0 Å². The fourth-order valence-corrected chi connectivity index (χ4v) is 3.36. The molecule has 0 amide bonds. The minimum Gasteiger partial charge on any atom is -0.497 e. The summed E-state index contributed by atoms with van der Waals surface area (Å²) in [5.41, 5.74) is 10.5. The van der Waals surface area contributed by atoms with Crippen LogP contribution in [0.2, 0.25) is 0 Å². The van der Waals surface area contributed by atoms with E-state index in [0.29, 0.717) is 11.8 Å². The van der Waals surface area contributed by atoms with Gasteiger partial charge in [0.2, 0.25) is 5.95 Å². The minimum atomic E-state index is 0. The van der Waals surface area contributed by atoms with E-state index in [1.54, 1.807) is 7.11 Å². The Morgan fingerprint density at radius 3 is 2.71 bits per heavy atom. The lowest BCUT2D eigenvalue weighted by molar-refractivity contribution is 0.243. The largest absolute Gasteiger partial charge is 0.497 e. The second-order valence-electron chi connectivity index (χ2n) is 6.66. The van der Waals surface area contributed by atoms with Gasteiger partial charge in [-0.1, -0.05) is 36.4 Å². The zero-order chi connectivity index (χ0) is 18.6. The van der Waals surface area contributed by atoms with Gasteiger partial charge in [0.05, 0.1) is 12.8 Å². The number of rotatable bonds is 5. The molecule has 28 heavy (non-hydrogen) atoms. The summed E-state index contributed by atoms with van der Waals surface area (Å²) < 4.78 is 5.26. The summed E-state index contributed by atoms with van der Waals surface area (Å²) in [6, 6.07) is 18.1. The first-order valence-electron chi connectivity index (χ1n) is 9.04. The quantitative estimate of drug-likeness (QED) is 0.682. The highest BCUT2D eigenvalue weighted by Crippen LogP contribution is 2.26. The van der Waals surface area contributed by atoms with Gasteiger partial charge in [-0.2, -0.15) is 4.98 Å². The molecule has 0 radical (unpaired) electrons. The molecule has 1 aliphatic rings. The second kappa shape index (κ2) is 8.91. The molecule has 0 spiro atoms. The van der Waals surface area contributed by atoms with E-state index in [2.05, 4.69) is 39.5 Å². The molecule has 2 heterocycles. The fourth-order valence-electron chi connectivity index (χ4n) is 3.36. The van der Waals surface area contributed by atoms with Crippen molar-refractivity contribution in [3.63, 3.8) is 0 Å². The average molecular weight is 398 g/mol. The van der Waals surface area contributed by atoms with Gasteiger partial charge in [-0.25, -0.2) is 4.98 Å². The number of ether oxygens (including phenoxy) is 1. The van der Waals surface area contributed by atoms with Gasteiger partial charge < -0.3 is 15.8 Å². The number of benzene rings is 2. The molecule has 0 unspecified atom stereocenters. The molecule has 0 saturated carbocycles. The number of nitrogens with two attached hydrogens (primary N) is 1. The Kier molecular flexibility index (Phi) is 6.34. The van der Waals surface area contributed by atoms with Crippen LogP contribution in [0.3, 0.4) is 0 Å². The Labute approximate surface area is 171 Å². The summed E-state index contributed by atoms with van der Waals surface area (Å²) >= 11 is 0. The van der Waals surface area contributed by atoms with Crippen molar-refractivity contribution in [3.8, 4) is 5.75 Å². The maximum atomic E-state index is 6.27. The van der Waals surface area contributed by atoms with Crippen LogP contribution in [0.5, 0.6) is 5.75 Å². The minimum absolute atomic E-state index is 0. The number of hydrogen-bond acceptors (Lipinski definition) is 6. The standard InChI is InChI=1S/C21H23N5O.ClH/c1-27-17-9-5-8-16(12-17)23-21-24-19-10-11-26(14-18(19)20(22)25-21)13-15-6-3-2-4-7-15;/h2-9,12H,10-11,13-14H2,1H3,(H3,22,23,24,25);1H. The van der Waals surface area contributed by atoms with E-state index >= 15 is 0 Å². The predicted octanol–water partition coefficient (Wildman–Crippen LogP) is 3.79. The number of nitrogens with zero attached hydrogens (tertiary/aromatic N) is 3. The maximum Gasteiger partial charge on any atom is 0.229 e. The number of aromatic nitrogens is 2. The molecule has 146 valence electrons. The van der Waals surface area contributed by atoms with Crippen molar-refractivity contribution in [2.45, 2.75) is 19.5 Å². The molecule has 0 bridgehead atoms. The first-order chi connectivity index (χ1) is 13.2. The van der Waals surface area contributed by atoms with Gasteiger partial charge in [-0.05, 0) is 17.7 Å². The normalized spacial score (nSPS) is 13.3. The summed E-state index contributed by atoms with van der Waals surface area (Å²) in [4.78, 5) is 11.5. The van der Waals surface area contributed by atoms with Crippen molar-refractivity contribution < 1.29 is 4.74 Å². The Hall–Kier alpha value is -2.83. The summed E-state index contributed by atoms with van der Waals surface area (Å²) in [5, 5.41) is 3.22. The van der Waals surface area contributed by atoms with E-state index in [4.69, 9.17) is 15.5 Å². The lowest BCUT2D eigenvalue weighted by Crippen LogP contribution is -2.31. The van der Waals surface area contributed by atoms with Crippen molar-refractivity contribution in [2.24, 2.45) is 0 Å². The third-order valence-corrected chi connectivity index (χ3v) is 4.75. The SMILES string of the molecule is COc1cccc(Nc2nc(N)c3c(n2)CCN(Cc2ccccc2)C3)c1.Cl. The van der Waals surface area contributed by atoms with Crippen LogP contribution in [-0.4, -0.2) is 28.5 Å². The number of methoxy groups -OCH3 is 1. The predicted molar refractivity (Wildman–Crippen MR) is 114 cm³/mol. The van der Waals surface area contributed by atoms with E-state index < -0.39 is 0 Å². The number of halogens is 1. The monoisotopic (exact) mass is 397 g/mol. The Balaban J connectivity index is 0.00000225. The lowest BCUT2D eigenvalue weighted by Gasteiger charge is -2.29. The smallest absolute Gasteiger partial charge is 0.229 e. The Bertz CT molecular complexity index is 935. The molecule has 7 heteroatoms. The van der Waals surface area contributed by atoms with E-state index in [1.807, 2.05) is 30.3 Å². The topological polar surface area (TPSA) is 76.3 Å². The van der Waals surface area contributed by atoms with E-state index in [0.717, 1.165) is 48.7 Å². The van der Waals surface area contributed by atoms with Crippen LogP contribution >= 0.6 is 12.4 Å². The number of anilines is 3. The molecule has 2 aromatic carbocycles. The molecule has 4 rings (SSSR count). The Morgan fingerprint density at radius 2 is 1.93 bits per heavy atom. The van der Waals surface area contributed by atoms with Crippen LogP contribution in [0.1, 0.15) is 16.8 Å². The van der Waals surface area contributed by atoms with Crippen molar-refractivity contribution in [3.05, 3.63) is 71.4 Å². The van der Waals surface area contributed by atoms with Crippen molar-refractivity contribution in [1.82, 2.24) is 14.9 Å². The van der Waals surface area contributed by atoms with Gasteiger partial charge in [-0.15, -0.1) is 12.4 Å².